The molecule has 0 spiro atoms. The van der Waals surface area contributed by atoms with Gasteiger partial charge in [-0.25, -0.2) is 9.78 Å². The summed E-state index contributed by atoms with van der Waals surface area (Å²) < 4.78 is 6.80. The third kappa shape index (κ3) is 5.45. The molecule has 166 valence electrons. The van der Waals surface area contributed by atoms with Gasteiger partial charge in [-0.3, -0.25) is 0 Å². The van der Waals surface area contributed by atoms with Crippen molar-refractivity contribution in [2.45, 2.75) is 6.54 Å². The third-order valence-electron chi connectivity index (χ3n) is 5.10. The molecule has 0 radical (unpaired) electrons. The number of rotatable bonds is 6. The minimum Gasteiger partial charge on any atom is -0.465 e. The summed E-state index contributed by atoms with van der Waals surface area (Å²) in [4.78, 5) is 16.5. The summed E-state index contributed by atoms with van der Waals surface area (Å²) in [5.74, 6) is 0.390. The Kier molecular flexibility index (Phi) is 6.82. The van der Waals surface area contributed by atoms with E-state index in [0.29, 0.717) is 27.8 Å². The topological polar surface area (TPSA) is 70.1 Å². The van der Waals surface area contributed by atoms with Gasteiger partial charge >= 0.3 is 5.97 Å². The first-order valence-electron chi connectivity index (χ1n) is 10.2. The van der Waals surface area contributed by atoms with E-state index in [2.05, 4.69) is 0 Å². The van der Waals surface area contributed by atoms with Gasteiger partial charge in [-0.05, 0) is 59.7 Å². The molecule has 0 aliphatic heterocycles. The molecule has 0 amide bonds. The number of nitrogens with two attached hydrogens (primary N) is 1. The minimum atomic E-state index is -0.365. The molecule has 0 unspecified atom stereocenters. The Hall–Kier alpha value is -3.54. The molecule has 4 aromatic rings. The molecule has 0 atom stereocenters. The first-order chi connectivity index (χ1) is 15.9. The Labute approximate surface area is 202 Å². The number of esters is 1. The van der Waals surface area contributed by atoms with Crippen LogP contribution in [0.4, 0.5) is 5.69 Å². The number of halogens is 2. The van der Waals surface area contributed by atoms with Crippen molar-refractivity contribution in [3.8, 4) is 11.3 Å². The molecule has 0 aliphatic carbocycles. The molecule has 0 saturated heterocycles. The Morgan fingerprint density at radius 3 is 2.42 bits per heavy atom. The zero-order valence-electron chi connectivity index (χ0n) is 17.8. The molecule has 3 aromatic carbocycles. The Balaban J connectivity index is 1.69. The van der Waals surface area contributed by atoms with E-state index in [1.54, 1.807) is 24.3 Å². The van der Waals surface area contributed by atoms with Crippen LogP contribution in [0.1, 0.15) is 27.3 Å². The highest BCUT2D eigenvalue weighted by Gasteiger charge is 2.12. The lowest BCUT2D eigenvalue weighted by Gasteiger charge is -2.07. The maximum absolute atomic E-state index is 11.7. The lowest BCUT2D eigenvalue weighted by atomic mass is 10.1. The normalized spacial score (nSPS) is 11.1. The summed E-state index contributed by atoms with van der Waals surface area (Å²) >= 11 is 12.5. The molecule has 0 fully saturated rings. The molecular weight excluding hydrogens is 457 g/mol. The summed E-state index contributed by atoms with van der Waals surface area (Å²) in [5, 5.41) is 1.10. The number of hydrogen-bond donors (Lipinski definition) is 1. The van der Waals surface area contributed by atoms with Gasteiger partial charge in [0, 0.05) is 29.0 Å². The van der Waals surface area contributed by atoms with Gasteiger partial charge < -0.3 is 15.0 Å². The molecule has 1 heterocycles. The number of nitrogen functional groups attached to an aromatic ring is 1. The maximum atomic E-state index is 11.7. The quantitative estimate of drug-likeness (QED) is 0.256. The fourth-order valence-electron chi connectivity index (χ4n) is 3.36. The van der Waals surface area contributed by atoms with Gasteiger partial charge in [0.25, 0.3) is 0 Å². The number of nitrogens with zero attached hydrogens (tertiary/aromatic N) is 2. The summed E-state index contributed by atoms with van der Waals surface area (Å²) in [7, 11) is 1.37. The van der Waals surface area contributed by atoms with Crippen LogP contribution in [0.15, 0.2) is 72.9 Å². The average Bonchev–Trinajstić information content (AvgIpc) is 3.20. The van der Waals surface area contributed by atoms with Crippen LogP contribution in [-0.2, 0) is 11.3 Å². The molecule has 5 nitrogen and oxygen atoms in total. The van der Waals surface area contributed by atoms with Gasteiger partial charge in [0.15, 0.2) is 0 Å². The molecule has 4 rings (SSSR count). The van der Waals surface area contributed by atoms with E-state index in [4.69, 9.17) is 38.7 Å². The summed E-state index contributed by atoms with van der Waals surface area (Å²) in [6.45, 7) is 0.557. The molecule has 2 N–H and O–H groups in total. The molecule has 7 heteroatoms. The number of benzene rings is 3. The number of carbonyl (C=O) groups is 1. The second-order valence-electron chi connectivity index (χ2n) is 7.42. The number of anilines is 1. The predicted octanol–water partition coefficient (Wildman–Crippen LogP) is 6.44. The van der Waals surface area contributed by atoms with Crippen molar-refractivity contribution in [1.82, 2.24) is 9.55 Å². The van der Waals surface area contributed by atoms with Crippen molar-refractivity contribution >= 4 is 47.0 Å². The van der Waals surface area contributed by atoms with Gasteiger partial charge in [0.05, 0.1) is 23.4 Å². The summed E-state index contributed by atoms with van der Waals surface area (Å²) in [5.41, 5.74) is 10.5. The molecule has 1 aromatic heterocycles. The molecule has 0 bridgehead atoms. The van der Waals surface area contributed by atoms with Gasteiger partial charge in [-0.1, -0.05) is 53.5 Å². The van der Waals surface area contributed by atoms with Crippen LogP contribution in [0.2, 0.25) is 10.0 Å². The van der Waals surface area contributed by atoms with Crippen LogP contribution in [0.5, 0.6) is 0 Å². The van der Waals surface area contributed by atoms with Crippen LogP contribution < -0.4 is 5.73 Å². The van der Waals surface area contributed by atoms with Gasteiger partial charge in [0.1, 0.15) is 5.82 Å². The molecule has 33 heavy (non-hydrogen) atoms. The third-order valence-corrected chi connectivity index (χ3v) is 5.65. The van der Waals surface area contributed by atoms with Crippen LogP contribution in [-0.4, -0.2) is 22.6 Å². The summed E-state index contributed by atoms with van der Waals surface area (Å²) in [6.07, 6.45) is 5.87. The number of imidazole rings is 1. The second-order valence-corrected chi connectivity index (χ2v) is 8.27. The van der Waals surface area contributed by atoms with Crippen LogP contribution in [0.3, 0.4) is 0 Å². The van der Waals surface area contributed by atoms with Gasteiger partial charge in [-0.2, -0.15) is 0 Å². The molecular formula is C26H21Cl2N3O2. The smallest absolute Gasteiger partial charge is 0.337 e. The second kappa shape index (κ2) is 9.94. The fourth-order valence-corrected chi connectivity index (χ4v) is 3.86. The minimum absolute atomic E-state index is 0.365. The van der Waals surface area contributed by atoms with E-state index in [1.165, 1.54) is 7.11 Å². The first-order valence-corrected chi connectivity index (χ1v) is 10.9. The largest absolute Gasteiger partial charge is 0.465 e. The SMILES string of the molecule is COC(=O)c1ccc(Cn2cc(-c3ccc(Cl)cc3Cl)nc2/C=C/c2ccc(N)cc2)cc1. The van der Waals surface area contributed by atoms with Crippen molar-refractivity contribution in [2.75, 3.05) is 12.8 Å². The number of ether oxygens (including phenoxy) is 1. The van der Waals surface area contributed by atoms with Crippen molar-refractivity contribution < 1.29 is 9.53 Å². The fraction of sp³-hybridized carbons (Fsp3) is 0.0769. The predicted molar refractivity (Wildman–Crippen MR) is 134 cm³/mol. The van der Waals surface area contributed by atoms with E-state index in [-0.39, 0.29) is 5.97 Å². The lowest BCUT2D eigenvalue weighted by molar-refractivity contribution is 0.0600. The van der Waals surface area contributed by atoms with E-state index in [0.717, 1.165) is 28.2 Å². The monoisotopic (exact) mass is 477 g/mol. The number of hydrogen-bond acceptors (Lipinski definition) is 4. The van der Waals surface area contributed by atoms with E-state index >= 15 is 0 Å². The average molecular weight is 478 g/mol. The van der Waals surface area contributed by atoms with Crippen LogP contribution >= 0.6 is 23.2 Å². The highest BCUT2D eigenvalue weighted by molar-refractivity contribution is 6.36. The van der Waals surface area contributed by atoms with E-state index in [1.807, 2.05) is 65.4 Å². The van der Waals surface area contributed by atoms with Crippen molar-refractivity contribution in [2.24, 2.45) is 0 Å². The van der Waals surface area contributed by atoms with Gasteiger partial charge in [-0.15, -0.1) is 0 Å². The lowest BCUT2D eigenvalue weighted by Crippen LogP contribution is -2.03. The van der Waals surface area contributed by atoms with Crippen LogP contribution in [0.25, 0.3) is 23.4 Å². The van der Waals surface area contributed by atoms with Crippen LogP contribution in [0, 0.1) is 0 Å². The van der Waals surface area contributed by atoms with Crippen molar-refractivity contribution in [3.63, 3.8) is 0 Å². The highest BCUT2D eigenvalue weighted by atomic mass is 35.5. The number of carbonyl (C=O) groups excluding carboxylic acids is 1. The zero-order valence-corrected chi connectivity index (χ0v) is 19.3. The number of aromatic nitrogens is 2. The van der Waals surface area contributed by atoms with Crippen molar-refractivity contribution in [1.29, 1.82) is 0 Å². The Morgan fingerprint density at radius 2 is 1.76 bits per heavy atom. The van der Waals surface area contributed by atoms with Gasteiger partial charge in [0.2, 0.25) is 0 Å². The Bertz CT molecular complexity index is 1310. The van der Waals surface area contributed by atoms with Crippen molar-refractivity contribution in [3.05, 3.63) is 105 Å². The van der Waals surface area contributed by atoms with E-state index in [9.17, 15) is 4.79 Å². The molecule has 0 saturated carbocycles. The Morgan fingerprint density at radius 1 is 1.03 bits per heavy atom. The zero-order chi connectivity index (χ0) is 23.4. The first kappa shape index (κ1) is 22.6. The maximum Gasteiger partial charge on any atom is 0.337 e. The number of methoxy groups -OCH3 is 1. The summed E-state index contributed by atoms with van der Waals surface area (Å²) in [6, 6.07) is 20.2. The van der Waals surface area contributed by atoms with E-state index < -0.39 is 0 Å². The standard InChI is InChI=1S/C26H21Cl2N3O2/c1-33-26(32)19-7-2-18(3-8-19)15-31-16-24(22-12-9-20(27)14-23(22)28)30-25(31)13-6-17-4-10-21(29)11-5-17/h2-14,16H,15,29H2,1H3/b13-6+. The molecule has 0 aliphatic rings. The highest BCUT2D eigenvalue weighted by Crippen LogP contribution is 2.30.